The van der Waals surface area contributed by atoms with Gasteiger partial charge in [-0.2, -0.15) is 0 Å². The van der Waals surface area contributed by atoms with Gasteiger partial charge in [0.1, 0.15) is 18.2 Å². The molecular formula is C26H35N3O2. The molecule has 0 bridgehead atoms. The van der Waals surface area contributed by atoms with Crippen molar-refractivity contribution in [2.24, 2.45) is 5.92 Å². The third kappa shape index (κ3) is 6.09. The van der Waals surface area contributed by atoms with Gasteiger partial charge in [0.05, 0.1) is 17.6 Å². The van der Waals surface area contributed by atoms with Crippen LogP contribution in [0, 0.1) is 5.92 Å². The Bertz CT molecular complexity index is 958. The van der Waals surface area contributed by atoms with Gasteiger partial charge in [0, 0.05) is 18.9 Å². The molecular weight excluding hydrogens is 386 g/mol. The zero-order valence-corrected chi connectivity index (χ0v) is 19.1. The number of aromatic nitrogens is 2. The lowest BCUT2D eigenvalue weighted by atomic mass is 10.0. The van der Waals surface area contributed by atoms with Crippen LogP contribution >= 0.6 is 0 Å². The number of fused-ring (bicyclic) bond motifs is 1. The van der Waals surface area contributed by atoms with Crippen LogP contribution in [0.3, 0.4) is 0 Å². The number of aryl methyl sites for hydroxylation is 2. The highest BCUT2D eigenvalue weighted by Crippen LogP contribution is 2.18. The number of nitrogens with one attached hydrogen (secondary N) is 1. The van der Waals surface area contributed by atoms with Crippen molar-refractivity contribution < 1.29 is 9.53 Å². The molecule has 0 aliphatic rings. The van der Waals surface area contributed by atoms with Crippen molar-refractivity contribution in [2.75, 3.05) is 13.2 Å². The fraction of sp³-hybridized carbons (Fsp3) is 0.462. The molecule has 0 atom stereocenters. The van der Waals surface area contributed by atoms with Crippen molar-refractivity contribution in [1.82, 2.24) is 14.9 Å². The van der Waals surface area contributed by atoms with Gasteiger partial charge in [0.15, 0.2) is 0 Å². The predicted octanol–water partition coefficient (Wildman–Crippen LogP) is 5.16. The summed E-state index contributed by atoms with van der Waals surface area (Å²) in [5.41, 5.74) is 3.45. The second-order valence-corrected chi connectivity index (χ2v) is 7.92. The summed E-state index contributed by atoms with van der Waals surface area (Å²) in [7, 11) is 0. The number of para-hydroxylation sites is 2. The molecule has 0 spiro atoms. The fourth-order valence-corrected chi connectivity index (χ4v) is 3.90. The van der Waals surface area contributed by atoms with E-state index in [1.54, 1.807) is 0 Å². The Morgan fingerprint density at radius 3 is 2.52 bits per heavy atom. The van der Waals surface area contributed by atoms with Gasteiger partial charge in [-0.15, -0.1) is 0 Å². The molecule has 0 saturated heterocycles. The zero-order chi connectivity index (χ0) is 22.1. The molecule has 0 saturated carbocycles. The number of hydrogen-bond acceptors (Lipinski definition) is 3. The first-order chi connectivity index (χ1) is 15.2. The van der Waals surface area contributed by atoms with Crippen molar-refractivity contribution in [3.8, 4) is 5.75 Å². The molecule has 0 radical (unpaired) electrons. The van der Waals surface area contributed by atoms with E-state index >= 15 is 0 Å². The molecule has 1 aromatic heterocycles. The van der Waals surface area contributed by atoms with Gasteiger partial charge in [-0.3, -0.25) is 4.79 Å². The molecule has 0 aliphatic heterocycles. The SMILES string of the molecule is CCc1ccc(OCCn2c(CCCNC(=O)C(CC)CC)nc3ccccc32)cc1. The van der Waals surface area contributed by atoms with Crippen LogP contribution in [0.5, 0.6) is 5.75 Å². The van der Waals surface area contributed by atoms with Crippen LogP contribution in [0.4, 0.5) is 0 Å². The summed E-state index contributed by atoms with van der Waals surface area (Å²) in [6.07, 6.45) is 4.50. The lowest BCUT2D eigenvalue weighted by molar-refractivity contribution is -0.125. The average molecular weight is 422 g/mol. The van der Waals surface area contributed by atoms with E-state index in [4.69, 9.17) is 9.72 Å². The van der Waals surface area contributed by atoms with E-state index in [1.165, 1.54) is 5.56 Å². The monoisotopic (exact) mass is 421 g/mol. The summed E-state index contributed by atoms with van der Waals surface area (Å²) in [5, 5.41) is 3.08. The number of imidazole rings is 1. The van der Waals surface area contributed by atoms with E-state index < -0.39 is 0 Å². The number of nitrogens with zero attached hydrogens (tertiary/aromatic N) is 2. The summed E-state index contributed by atoms with van der Waals surface area (Å²) in [6.45, 7) is 8.29. The maximum atomic E-state index is 12.2. The largest absolute Gasteiger partial charge is 0.492 e. The number of ether oxygens (including phenoxy) is 1. The summed E-state index contributed by atoms with van der Waals surface area (Å²) in [4.78, 5) is 17.0. The van der Waals surface area contributed by atoms with Gasteiger partial charge >= 0.3 is 0 Å². The Hall–Kier alpha value is -2.82. The molecule has 1 heterocycles. The van der Waals surface area contributed by atoms with Crippen molar-refractivity contribution in [1.29, 1.82) is 0 Å². The number of amides is 1. The molecule has 0 unspecified atom stereocenters. The summed E-state index contributed by atoms with van der Waals surface area (Å²) < 4.78 is 8.23. The van der Waals surface area contributed by atoms with E-state index in [0.717, 1.165) is 61.3 Å². The first kappa shape index (κ1) is 22.9. The van der Waals surface area contributed by atoms with Crippen LogP contribution in [0.15, 0.2) is 48.5 Å². The topological polar surface area (TPSA) is 56.1 Å². The number of rotatable bonds is 12. The van der Waals surface area contributed by atoms with Gasteiger partial charge in [0.25, 0.3) is 0 Å². The van der Waals surface area contributed by atoms with Crippen molar-refractivity contribution in [2.45, 2.75) is 59.4 Å². The Morgan fingerprint density at radius 1 is 1.06 bits per heavy atom. The lowest BCUT2D eigenvalue weighted by Crippen LogP contribution is -2.31. The highest BCUT2D eigenvalue weighted by molar-refractivity contribution is 5.78. The maximum absolute atomic E-state index is 12.2. The first-order valence-electron chi connectivity index (χ1n) is 11.6. The first-order valence-corrected chi connectivity index (χ1v) is 11.6. The van der Waals surface area contributed by atoms with Crippen molar-refractivity contribution >= 4 is 16.9 Å². The van der Waals surface area contributed by atoms with Crippen LogP contribution in [0.1, 0.15) is 51.4 Å². The fourth-order valence-electron chi connectivity index (χ4n) is 3.90. The van der Waals surface area contributed by atoms with Gasteiger partial charge in [-0.25, -0.2) is 4.98 Å². The highest BCUT2D eigenvalue weighted by Gasteiger charge is 2.14. The lowest BCUT2D eigenvalue weighted by Gasteiger charge is -2.13. The molecule has 3 aromatic rings. The molecule has 1 amide bonds. The minimum Gasteiger partial charge on any atom is -0.492 e. The molecule has 31 heavy (non-hydrogen) atoms. The average Bonchev–Trinajstić information content (AvgIpc) is 3.15. The van der Waals surface area contributed by atoms with E-state index in [1.807, 2.05) is 24.3 Å². The molecule has 2 aromatic carbocycles. The van der Waals surface area contributed by atoms with E-state index in [0.29, 0.717) is 13.2 Å². The highest BCUT2D eigenvalue weighted by atomic mass is 16.5. The summed E-state index contributed by atoms with van der Waals surface area (Å²) >= 11 is 0. The van der Waals surface area contributed by atoms with Gasteiger partial charge in [-0.1, -0.05) is 45.0 Å². The van der Waals surface area contributed by atoms with Crippen LogP contribution in [0.25, 0.3) is 11.0 Å². The Kier molecular flexibility index (Phi) is 8.51. The predicted molar refractivity (Wildman–Crippen MR) is 126 cm³/mol. The van der Waals surface area contributed by atoms with Crippen LogP contribution in [0.2, 0.25) is 0 Å². The van der Waals surface area contributed by atoms with Crippen LogP contribution in [-0.2, 0) is 24.2 Å². The standard InChI is InChI=1S/C26H35N3O2/c1-4-20-13-15-22(16-14-20)31-19-18-29-24-11-8-7-10-23(24)28-25(29)12-9-17-27-26(30)21(5-2)6-3/h7-8,10-11,13-16,21H,4-6,9,12,17-19H2,1-3H3,(H,27,30). The van der Waals surface area contributed by atoms with Crippen LogP contribution < -0.4 is 10.1 Å². The number of carbonyl (C=O) groups excluding carboxylic acids is 1. The molecule has 0 aliphatic carbocycles. The molecule has 5 heteroatoms. The van der Waals surface area contributed by atoms with Crippen LogP contribution in [-0.4, -0.2) is 28.6 Å². The second kappa shape index (κ2) is 11.5. The number of carbonyl (C=O) groups is 1. The normalized spacial score (nSPS) is 11.2. The Labute approximate surface area is 185 Å². The Morgan fingerprint density at radius 2 is 1.81 bits per heavy atom. The molecule has 0 fully saturated rings. The zero-order valence-electron chi connectivity index (χ0n) is 19.1. The Balaban J connectivity index is 1.59. The van der Waals surface area contributed by atoms with Crippen molar-refractivity contribution in [3.05, 3.63) is 59.9 Å². The van der Waals surface area contributed by atoms with E-state index in [2.05, 4.69) is 54.9 Å². The molecule has 5 nitrogen and oxygen atoms in total. The van der Waals surface area contributed by atoms with Gasteiger partial charge < -0.3 is 14.6 Å². The molecule has 166 valence electrons. The van der Waals surface area contributed by atoms with Crippen molar-refractivity contribution in [3.63, 3.8) is 0 Å². The second-order valence-electron chi connectivity index (χ2n) is 7.92. The number of hydrogen-bond donors (Lipinski definition) is 1. The summed E-state index contributed by atoms with van der Waals surface area (Å²) in [6, 6.07) is 16.5. The third-order valence-electron chi connectivity index (χ3n) is 5.88. The molecule has 3 rings (SSSR count). The van der Waals surface area contributed by atoms with E-state index in [-0.39, 0.29) is 11.8 Å². The number of benzene rings is 2. The van der Waals surface area contributed by atoms with Gasteiger partial charge in [-0.05, 0) is 55.5 Å². The minimum absolute atomic E-state index is 0.119. The minimum atomic E-state index is 0.119. The quantitative estimate of drug-likeness (QED) is 0.411. The van der Waals surface area contributed by atoms with E-state index in [9.17, 15) is 4.79 Å². The third-order valence-corrected chi connectivity index (χ3v) is 5.88. The summed E-state index contributed by atoms with van der Waals surface area (Å²) in [5.74, 6) is 2.23. The smallest absolute Gasteiger partial charge is 0.223 e. The van der Waals surface area contributed by atoms with Gasteiger partial charge in [0.2, 0.25) is 5.91 Å². The molecule has 1 N–H and O–H groups in total. The maximum Gasteiger partial charge on any atom is 0.223 e.